The summed E-state index contributed by atoms with van der Waals surface area (Å²) < 4.78 is 23.9. The van der Waals surface area contributed by atoms with Crippen LogP contribution >= 0.6 is 0 Å². The average Bonchev–Trinajstić information content (AvgIpc) is 2.48. The summed E-state index contributed by atoms with van der Waals surface area (Å²) in [5, 5.41) is 9.52. The molecule has 0 aromatic heterocycles. The largest absolute Gasteiger partial charge is 0.496 e. The van der Waals surface area contributed by atoms with Gasteiger partial charge in [-0.1, -0.05) is 24.3 Å². The Hall–Kier alpha value is -2.07. The van der Waals surface area contributed by atoms with Crippen LogP contribution in [0.3, 0.4) is 0 Å². The van der Waals surface area contributed by atoms with Gasteiger partial charge in [0.25, 0.3) is 0 Å². The number of benzene rings is 2. The van der Waals surface area contributed by atoms with E-state index in [4.69, 9.17) is 9.47 Å². The van der Waals surface area contributed by atoms with Gasteiger partial charge in [0.05, 0.1) is 20.3 Å². The first-order chi connectivity index (χ1) is 9.74. The van der Waals surface area contributed by atoms with Crippen LogP contribution in [-0.4, -0.2) is 25.4 Å². The Morgan fingerprint density at radius 3 is 2.65 bits per heavy atom. The lowest BCUT2D eigenvalue weighted by Crippen LogP contribution is -2.15. The minimum atomic E-state index is -0.347. The van der Waals surface area contributed by atoms with Crippen molar-refractivity contribution in [3.05, 3.63) is 59.9 Å². The molecule has 3 nitrogen and oxygen atoms in total. The van der Waals surface area contributed by atoms with Gasteiger partial charge in [-0.2, -0.15) is 0 Å². The third-order valence-electron chi connectivity index (χ3n) is 3.05. The first-order valence-electron chi connectivity index (χ1n) is 6.36. The van der Waals surface area contributed by atoms with Crippen LogP contribution in [0, 0.1) is 5.82 Å². The van der Waals surface area contributed by atoms with Gasteiger partial charge in [-0.05, 0) is 18.2 Å². The van der Waals surface area contributed by atoms with Gasteiger partial charge in [-0.25, -0.2) is 4.39 Å². The summed E-state index contributed by atoms with van der Waals surface area (Å²) in [6, 6.07) is 13.4. The van der Waals surface area contributed by atoms with Crippen LogP contribution in [0.5, 0.6) is 11.5 Å². The van der Waals surface area contributed by atoms with Crippen molar-refractivity contribution >= 4 is 0 Å². The van der Waals surface area contributed by atoms with Gasteiger partial charge < -0.3 is 14.6 Å². The number of hydrogen-bond acceptors (Lipinski definition) is 3. The number of hydrogen-bond donors (Lipinski definition) is 1. The Labute approximate surface area is 117 Å². The van der Waals surface area contributed by atoms with Crippen LogP contribution in [-0.2, 0) is 0 Å². The summed E-state index contributed by atoms with van der Waals surface area (Å²) in [6.07, 6.45) is 0. The highest BCUT2D eigenvalue weighted by molar-refractivity contribution is 5.36. The zero-order valence-corrected chi connectivity index (χ0v) is 11.3. The molecule has 0 amide bonds. The molecule has 0 heterocycles. The molecule has 106 valence electrons. The summed E-state index contributed by atoms with van der Waals surface area (Å²) in [4.78, 5) is 0. The van der Waals surface area contributed by atoms with Gasteiger partial charge >= 0.3 is 0 Å². The predicted molar refractivity (Wildman–Crippen MR) is 74.7 cm³/mol. The highest BCUT2D eigenvalue weighted by Gasteiger charge is 2.16. The molecular weight excluding hydrogens is 259 g/mol. The van der Waals surface area contributed by atoms with E-state index < -0.39 is 0 Å². The SMILES string of the molecule is COc1ccccc1C(CO)COc1cccc(F)c1. The van der Waals surface area contributed by atoms with E-state index >= 15 is 0 Å². The van der Waals surface area contributed by atoms with E-state index in [-0.39, 0.29) is 24.9 Å². The van der Waals surface area contributed by atoms with Gasteiger partial charge in [-0.3, -0.25) is 0 Å². The summed E-state index contributed by atoms with van der Waals surface area (Å²) in [6.45, 7) is 0.177. The van der Waals surface area contributed by atoms with Crippen LogP contribution in [0.1, 0.15) is 11.5 Å². The number of rotatable bonds is 6. The molecule has 0 aliphatic heterocycles. The molecule has 1 unspecified atom stereocenters. The first kappa shape index (κ1) is 14.3. The molecule has 20 heavy (non-hydrogen) atoms. The molecule has 2 aromatic rings. The Morgan fingerprint density at radius 2 is 1.95 bits per heavy atom. The first-order valence-corrected chi connectivity index (χ1v) is 6.36. The van der Waals surface area contributed by atoms with Gasteiger partial charge in [0.2, 0.25) is 0 Å². The number of aliphatic hydroxyl groups is 1. The molecule has 0 aliphatic rings. The number of para-hydroxylation sites is 1. The Balaban J connectivity index is 2.09. The van der Waals surface area contributed by atoms with E-state index in [0.717, 1.165) is 5.56 Å². The molecule has 0 saturated carbocycles. The monoisotopic (exact) mass is 276 g/mol. The number of ether oxygens (including phenoxy) is 2. The predicted octanol–water partition coefficient (Wildman–Crippen LogP) is 2.99. The number of aliphatic hydroxyl groups excluding tert-OH is 1. The van der Waals surface area contributed by atoms with Crippen molar-refractivity contribution in [2.75, 3.05) is 20.3 Å². The van der Waals surface area contributed by atoms with Gasteiger partial charge in [0.1, 0.15) is 17.3 Å². The molecular formula is C16H17FO3. The summed E-state index contributed by atoms with van der Waals surface area (Å²) in [5.74, 6) is 0.572. The van der Waals surface area contributed by atoms with Crippen molar-refractivity contribution in [2.24, 2.45) is 0 Å². The molecule has 1 N–H and O–H groups in total. The standard InChI is InChI=1S/C16H17FO3/c1-19-16-8-3-2-7-15(16)12(10-18)11-20-14-6-4-5-13(17)9-14/h2-9,12,18H,10-11H2,1H3. The van der Waals surface area contributed by atoms with Crippen molar-refractivity contribution in [1.82, 2.24) is 0 Å². The fraction of sp³-hybridized carbons (Fsp3) is 0.250. The molecule has 0 saturated heterocycles. The normalized spacial score (nSPS) is 11.9. The second-order valence-electron chi connectivity index (χ2n) is 4.39. The second-order valence-corrected chi connectivity index (χ2v) is 4.39. The highest BCUT2D eigenvalue weighted by Crippen LogP contribution is 2.27. The zero-order chi connectivity index (χ0) is 14.4. The fourth-order valence-electron chi connectivity index (χ4n) is 2.00. The van der Waals surface area contributed by atoms with Gasteiger partial charge in [0, 0.05) is 17.5 Å². The Bertz CT molecular complexity index is 557. The van der Waals surface area contributed by atoms with Crippen LogP contribution in [0.2, 0.25) is 0 Å². The zero-order valence-electron chi connectivity index (χ0n) is 11.3. The van der Waals surface area contributed by atoms with Gasteiger partial charge in [0.15, 0.2) is 0 Å². The van der Waals surface area contributed by atoms with Crippen molar-refractivity contribution in [3.8, 4) is 11.5 Å². The lowest BCUT2D eigenvalue weighted by molar-refractivity contribution is 0.202. The third kappa shape index (κ3) is 3.48. The van der Waals surface area contributed by atoms with E-state index in [1.165, 1.54) is 12.1 Å². The molecule has 2 rings (SSSR count). The fourth-order valence-corrected chi connectivity index (χ4v) is 2.00. The lowest BCUT2D eigenvalue weighted by atomic mass is 10.00. The van der Waals surface area contributed by atoms with Crippen LogP contribution < -0.4 is 9.47 Å². The molecule has 1 atom stereocenters. The van der Waals surface area contributed by atoms with Gasteiger partial charge in [-0.15, -0.1) is 0 Å². The summed E-state index contributed by atoms with van der Waals surface area (Å²) in [7, 11) is 1.58. The maximum atomic E-state index is 13.1. The summed E-state index contributed by atoms with van der Waals surface area (Å²) >= 11 is 0. The highest BCUT2D eigenvalue weighted by atomic mass is 19.1. The van der Waals surface area contributed by atoms with Crippen LogP contribution in [0.4, 0.5) is 4.39 Å². The summed E-state index contributed by atoms with van der Waals surface area (Å²) in [5.41, 5.74) is 0.869. The molecule has 0 fully saturated rings. The Morgan fingerprint density at radius 1 is 1.15 bits per heavy atom. The molecule has 0 spiro atoms. The minimum absolute atomic E-state index is 0.0737. The molecule has 0 bridgehead atoms. The lowest BCUT2D eigenvalue weighted by Gasteiger charge is -2.18. The van der Waals surface area contributed by atoms with E-state index in [1.54, 1.807) is 19.2 Å². The molecule has 2 aromatic carbocycles. The maximum absolute atomic E-state index is 13.1. The molecule has 0 aliphatic carbocycles. The quantitative estimate of drug-likeness (QED) is 0.881. The molecule has 0 radical (unpaired) electrons. The van der Waals surface area contributed by atoms with Crippen molar-refractivity contribution in [2.45, 2.75) is 5.92 Å². The van der Waals surface area contributed by atoms with E-state index in [2.05, 4.69) is 0 Å². The van der Waals surface area contributed by atoms with E-state index in [0.29, 0.717) is 11.5 Å². The van der Waals surface area contributed by atoms with E-state index in [9.17, 15) is 9.50 Å². The molecule has 4 heteroatoms. The van der Waals surface area contributed by atoms with Crippen LogP contribution in [0.25, 0.3) is 0 Å². The third-order valence-corrected chi connectivity index (χ3v) is 3.05. The van der Waals surface area contributed by atoms with E-state index in [1.807, 2.05) is 24.3 Å². The van der Waals surface area contributed by atoms with Crippen molar-refractivity contribution in [3.63, 3.8) is 0 Å². The average molecular weight is 276 g/mol. The van der Waals surface area contributed by atoms with Crippen LogP contribution in [0.15, 0.2) is 48.5 Å². The number of halogens is 1. The van der Waals surface area contributed by atoms with Crippen molar-refractivity contribution < 1.29 is 19.0 Å². The minimum Gasteiger partial charge on any atom is -0.496 e. The second kappa shape index (κ2) is 6.91. The smallest absolute Gasteiger partial charge is 0.126 e. The maximum Gasteiger partial charge on any atom is 0.126 e. The topological polar surface area (TPSA) is 38.7 Å². The Kier molecular flexibility index (Phi) is 4.96. The number of methoxy groups -OCH3 is 1. The van der Waals surface area contributed by atoms with Crippen molar-refractivity contribution in [1.29, 1.82) is 0 Å².